The molecular formula is C16H29NO3. The topological polar surface area (TPSA) is 49.8 Å². The van der Waals surface area contributed by atoms with E-state index in [9.17, 15) is 9.90 Å². The van der Waals surface area contributed by atoms with E-state index in [0.29, 0.717) is 12.6 Å². The molecule has 116 valence electrons. The van der Waals surface area contributed by atoms with Gasteiger partial charge in [-0.1, -0.05) is 26.2 Å². The smallest absolute Gasteiger partial charge is 0.320 e. The van der Waals surface area contributed by atoms with Crippen LogP contribution in [0.15, 0.2) is 0 Å². The second kappa shape index (κ2) is 7.99. The highest BCUT2D eigenvalue weighted by Gasteiger charge is 2.40. The van der Waals surface area contributed by atoms with Gasteiger partial charge in [0.25, 0.3) is 0 Å². The SMILES string of the molecule is CCCCOCCN1C(C(=O)O)CCC2CCCCC21. The average Bonchev–Trinajstić information content (AvgIpc) is 2.46. The van der Waals surface area contributed by atoms with Gasteiger partial charge in [0.2, 0.25) is 0 Å². The van der Waals surface area contributed by atoms with Gasteiger partial charge in [-0.15, -0.1) is 0 Å². The van der Waals surface area contributed by atoms with Crippen molar-refractivity contribution in [2.45, 2.75) is 70.4 Å². The zero-order valence-corrected chi connectivity index (χ0v) is 12.7. The van der Waals surface area contributed by atoms with Crippen molar-refractivity contribution < 1.29 is 14.6 Å². The quantitative estimate of drug-likeness (QED) is 0.730. The number of rotatable bonds is 7. The van der Waals surface area contributed by atoms with Crippen LogP contribution >= 0.6 is 0 Å². The molecule has 3 atom stereocenters. The van der Waals surface area contributed by atoms with Crippen molar-refractivity contribution in [2.24, 2.45) is 5.92 Å². The molecule has 2 rings (SSSR count). The summed E-state index contributed by atoms with van der Waals surface area (Å²) >= 11 is 0. The molecule has 0 aromatic heterocycles. The van der Waals surface area contributed by atoms with Gasteiger partial charge in [0.05, 0.1) is 6.61 Å². The number of hydrogen-bond donors (Lipinski definition) is 1. The lowest BCUT2D eigenvalue weighted by Crippen LogP contribution is -2.55. The number of unbranched alkanes of at least 4 members (excludes halogenated alkanes) is 1. The lowest BCUT2D eigenvalue weighted by molar-refractivity contribution is -0.148. The molecule has 3 unspecified atom stereocenters. The Bertz CT molecular complexity index is 308. The van der Waals surface area contributed by atoms with E-state index in [1.165, 1.54) is 25.7 Å². The number of ether oxygens (including phenoxy) is 1. The zero-order chi connectivity index (χ0) is 14.4. The number of likely N-dealkylation sites (tertiary alicyclic amines) is 1. The average molecular weight is 283 g/mol. The molecule has 0 amide bonds. The van der Waals surface area contributed by atoms with E-state index < -0.39 is 5.97 Å². The van der Waals surface area contributed by atoms with Crippen LogP contribution in [0.2, 0.25) is 0 Å². The van der Waals surface area contributed by atoms with Crippen LogP contribution in [0.5, 0.6) is 0 Å². The van der Waals surface area contributed by atoms with Crippen molar-refractivity contribution >= 4 is 5.97 Å². The summed E-state index contributed by atoms with van der Waals surface area (Å²) < 4.78 is 5.65. The number of piperidine rings is 1. The third-order valence-electron chi connectivity index (χ3n) is 4.93. The molecule has 4 nitrogen and oxygen atoms in total. The summed E-state index contributed by atoms with van der Waals surface area (Å²) in [4.78, 5) is 13.7. The van der Waals surface area contributed by atoms with Crippen LogP contribution in [0.1, 0.15) is 58.3 Å². The van der Waals surface area contributed by atoms with Crippen molar-refractivity contribution in [3.63, 3.8) is 0 Å². The van der Waals surface area contributed by atoms with Gasteiger partial charge >= 0.3 is 5.97 Å². The minimum absolute atomic E-state index is 0.288. The van der Waals surface area contributed by atoms with Gasteiger partial charge in [-0.3, -0.25) is 9.69 Å². The number of fused-ring (bicyclic) bond motifs is 1. The zero-order valence-electron chi connectivity index (χ0n) is 12.7. The van der Waals surface area contributed by atoms with E-state index in [4.69, 9.17) is 4.74 Å². The third kappa shape index (κ3) is 3.95. The molecule has 0 spiro atoms. The molecule has 2 fully saturated rings. The molecule has 2 aliphatic rings. The molecule has 4 heteroatoms. The summed E-state index contributed by atoms with van der Waals surface area (Å²) in [5, 5.41) is 9.46. The Morgan fingerprint density at radius 1 is 1.20 bits per heavy atom. The molecule has 1 aliphatic carbocycles. The minimum atomic E-state index is -0.650. The van der Waals surface area contributed by atoms with Crippen LogP contribution < -0.4 is 0 Å². The predicted octanol–water partition coefficient (Wildman–Crippen LogP) is 2.91. The van der Waals surface area contributed by atoms with Crippen molar-refractivity contribution in [2.75, 3.05) is 19.8 Å². The minimum Gasteiger partial charge on any atom is -0.480 e. The Hall–Kier alpha value is -0.610. The van der Waals surface area contributed by atoms with E-state index in [-0.39, 0.29) is 6.04 Å². The van der Waals surface area contributed by atoms with E-state index in [1.807, 2.05) is 0 Å². The fourth-order valence-corrected chi connectivity index (χ4v) is 3.84. The number of nitrogens with zero attached hydrogens (tertiary/aromatic N) is 1. The van der Waals surface area contributed by atoms with Crippen molar-refractivity contribution in [1.82, 2.24) is 4.90 Å². The van der Waals surface area contributed by atoms with Gasteiger partial charge in [0, 0.05) is 19.2 Å². The highest BCUT2D eigenvalue weighted by molar-refractivity contribution is 5.73. The van der Waals surface area contributed by atoms with Crippen LogP contribution in [-0.4, -0.2) is 47.8 Å². The van der Waals surface area contributed by atoms with Crippen molar-refractivity contribution in [3.8, 4) is 0 Å². The second-order valence-electron chi connectivity index (χ2n) is 6.25. The van der Waals surface area contributed by atoms with Gasteiger partial charge in [-0.25, -0.2) is 0 Å². The lowest BCUT2D eigenvalue weighted by atomic mass is 9.76. The first kappa shape index (κ1) is 15.8. The van der Waals surface area contributed by atoms with Gasteiger partial charge in [0.1, 0.15) is 6.04 Å². The number of hydrogen-bond acceptors (Lipinski definition) is 3. The molecule has 0 bridgehead atoms. The molecule has 1 heterocycles. The number of carboxylic acid groups (broad SMARTS) is 1. The van der Waals surface area contributed by atoms with Crippen LogP contribution in [0.3, 0.4) is 0 Å². The van der Waals surface area contributed by atoms with Crippen molar-refractivity contribution in [3.05, 3.63) is 0 Å². The Kier molecular flexibility index (Phi) is 6.30. The first-order valence-corrected chi connectivity index (χ1v) is 8.30. The standard InChI is InChI=1S/C16H29NO3/c1-2-3-11-20-12-10-17-14-7-5-4-6-13(14)8-9-15(17)16(18)19/h13-15H,2-12H2,1H3,(H,18,19). The first-order valence-electron chi connectivity index (χ1n) is 8.30. The van der Waals surface area contributed by atoms with E-state index in [2.05, 4.69) is 11.8 Å². The summed E-state index contributed by atoms with van der Waals surface area (Å²) in [7, 11) is 0. The summed E-state index contributed by atoms with van der Waals surface area (Å²) in [6.07, 6.45) is 9.16. The van der Waals surface area contributed by atoms with Gasteiger partial charge < -0.3 is 9.84 Å². The molecule has 1 saturated carbocycles. The number of carbonyl (C=O) groups is 1. The summed E-state index contributed by atoms with van der Waals surface area (Å²) in [6.45, 7) is 4.41. The van der Waals surface area contributed by atoms with E-state index >= 15 is 0 Å². The van der Waals surface area contributed by atoms with Crippen molar-refractivity contribution in [1.29, 1.82) is 0 Å². The largest absolute Gasteiger partial charge is 0.480 e. The fraction of sp³-hybridized carbons (Fsp3) is 0.938. The Labute approximate surface area is 122 Å². The molecule has 1 aliphatic heterocycles. The second-order valence-corrected chi connectivity index (χ2v) is 6.25. The molecule has 1 N–H and O–H groups in total. The lowest BCUT2D eigenvalue weighted by Gasteiger charge is -2.47. The number of carboxylic acids is 1. The van der Waals surface area contributed by atoms with Gasteiger partial charge in [0.15, 0.2) is 0 Å². The Balaban J connectivity index is 1.89. The summed E-state index contributed by atoms with van der Waals surface area (Å²) in [5.41, 5.74) is 0. The normalized spacial score (nSPS) is 30.9. The van der Waals surface area contributed by atoms with Crippen LogP contribution in [0.25, 0.3) is 0 Å². The monoisotopic (exact) mass is 283 g/mol. The first-order chi connectivity index (χ1) is 9.74. The summed E-state index contributed by atoms with van der Waals surface area (Å²) in [6, 6.07) is 0.192. The maximum Gasteiger partial charge on any atom is 0.320 e. The molecule has 0 aromatic carbocycles. The van der Waals surface area contributed by atoms with Crippen LogP contribution in [0, 0.1) is 5.92 Å². The van der Waals surface area contributed by atoms with Crippen LogP contribution in [-0.2, 0) is 9.53 Å². The Morgan fingerprint density at radius 3 is 2.75 bits per heavy atom. The molecular weight excluding hydrogens is 254 g/mol. The van der Waals surface area contributed by atoms with E-state index in [1.54, 1.807) is 0 Å². The molecule has 0 radical (unpaired) electrons. The van der Waals surface area contributed by atoms with E-state index in [0.717, 1.165) is 44.8 Å². The summed E-state index contributed by atoms with van der Waals surface area (Å²) in [5.74, 6) is 0.0672. The number of aliphatic carboxylic acids is 1. The Morgan fingerprint density at radius 2 is 2.00 bits per heavy atom. The van der Waals surface area contributed by atoms with Crippen LogP contribution in [0.4, 0.5) is 0 Å². The maximum atomic E-state index is 11.5. The van der Waals surface area contributed by atoms with Gasteiger partial charge in [-0.05, 0) is 38.0 Å². The molecule has 0 aromatic rings. The maximum absolute atomic E-state index is 11.5. The third-order valence-corrected chi connectivity index (χ3v) is 4.93. The highest BCUT2D eigenvalue weighted by Crippen LogP contribution is 2.37. The molecule has 20 heavy (non-hydrogen) atoms. The predicted molar refractivity (Wildman–Crippen MR) is 78.8 cm³/mol. The molecule has 1 saturated heterocycles. The highest BCUT2D eigenvalue weighted by atomic mass is 16.5. The fourth-order valence-electron chi connectivity index (χ4n) is 3.84. The van der Waals surface area contributed by atoms with Gasteiger partial charge in [-0.2, -0.15) is 0 Å².